The summed E-state index contributed by atoms with van der Waals surface area (Å²) in [6.07, 6.45) is 0. The van der Waals surface area contributed by atoms with Crippen molar-refractivity contribution >= 4 is 34.1 Å². The summed E-state index contributed by atoms with van der Waals surface area (Å²) in [6.45, 7) is 63.6. The summed E-state index contributed by atoms with van der Waals surface area (Å²) in [7, 11) is 0. The van der Waals surface area contributed by atoms with Crippen LogP contribution in [0.2, 0.25) is 0 Å². The van der Waals surface area contributed by atoms with Crippen molar-refractivity contribution in [1.82, 2.24) is 0 Å². The summed E-state index contributed by atoms with van der Waals surface area (Å²) < 4.78 is 0. The molecule has 0 aromatic heterocycles. The van der Waals surface area contributed by atoms with Gasteiger partial charge < -0.3 is 0 Å². The summed E-state index contributed by atoms with van der Waals surface area (Å²) in [4.78, 5) is 20.3. The number of nitriles is 6. The minimum Gasteiger partial charge on any atom is -0.238 e. The molecule has 354 valence electrons. The van der Waals surface area contributed by atoms with E-state index in [1.54, 1.807) is 72.8 Å². The molecule has 0 spiro atoms. The Morgan fingerprint density at radius 1 is 0.233 bits per heavy atom. The van der Waals surface area contributed by atoms with Gasteiger partial charge in [-0.05, 0) is 150 Å². The van der Waals surface area contributed by atoms with Crippen molar-refractivity contribution in [2.45, 2.75) is 83.1 Å². The molecule has 12 nitrogen and oxygen atoms in total. The molecule has 0 saturated carbocycles. The van der Waals surface area contributed by atoms with Crippen LogP contribution in [-0.2, 0) is 21.1 Å². The maximum atomic E-state index is 8.62. The first-order valence-corrected chi connectivity index (χ1v) is 21.5. The zero-order chi connectivity index (χ0) is 54.8. The van der Waals surface area contributed by atoms with Gasteiger partial charge in [-0.3, -0.25) is 0 Å². The van der Waals surface area contributed by atoms with Crippen molar-refractivity contribution < 1.29 is 21.1 Å². The van der Waals surface area contributed by atoms with Crippen molar-refractivity contribution in [2.75, 3.05) is 0 Å². The summed E-state index contributed by atoms with van der Waals surface area (Å²) >= 11 is 0. The molecule has 0 saturated heterocycles. The van der Waals surface area contributed by atoms with Gasteiger partial charge in [0.05, 0.1) is 109 Å². The van der Waals surface area contributed by atoms with Gasteiger partial charge in [-0.1, -0.05) is 72.8 Å². The van der Waals surface area contributed by atoms with E-state index >= 15 is 0 Å². The Hall–Kier alpha value is -10.1. The van der Waals surface area contributed by atoms with Gasteiger partial charge in [-0.2, -0.15) is 31.6 Å². The van der Waals surface area contributed by atoms with E-state index in [9.17, 15) is 0 Å². The topological polar surface area (TPSA) is 169 Å². The van der Waals surface area contributed by atoms with Gasteiger partial charge in [0.2, 0.25) is 0 Å². The Morgan fingerprint density at radius 3 is 0.370 bits per heavy atom. The molecule has 0 bridgehead atoms. The fraction of sp³-hybridized carbons (Fsp3) is 0.200. The molecule has 6 aromatic rings. The number of hydrogen-bond donors (Lipinski definition) is 0. The fourth-order valence-electron chi connectivity index (χ4n) is 7.18. The van der Waals surface area contributed by atoms with Crippen molar-refractivity contribution in [3.63, 3.8) is 0 Å². The standard InChI is InChI=1S/6C10H8N2.W/c6*1-7-4-9(6-11)5-8(2)10(7)12-3;/h6*4-5H,1-2H3;. The average Bonchev–Trinajstić information content (AvgIpc) is 3.34. The Labute approximate surface area is 445 Å². The molecule has 0 aliphatic heterocycles. The van der Waals surface area contributed by atoms with E-state index in [0.29, 0.717) is 67.5 Å². The van der Waals surface area contributed by atoms with Gasteiger partial charge >= 0.3 is 0 Å². The molecule has 0 aliphatic rings. The van der Waals surface area contributed by atoms with E-state index in [1.165, 1.54) is 0 Å². The van der Waals surface area contributed by atoms with Crippen LogP contribution >= 0.6 is 0 Å². The van der Waals surface area contributed by atoms with E-state index < -0.39 is 0 Å². The summed E-state index contributed by atoms with van der Waals surface area (Å²) in [5, 5.41) is 51.7. The van der Waals surface area contributed by atoms with Crippen LogP contribution in [0.5, 0.6) is 0 Å². The van der Waals surface area contributed by atoms with Crippen LogP contribution < -0.4 is 0 Å². The Kier molecular flexibility index (Phi) is 26.8. The van der Waals surface area contributed by atoms with Crippen LogP contribution in [0.3, 0.4) is 0 Å². The first-order valence-electron chi connectivity index (χ1n) is 21.5. The molecule has 6 aromatic carbocycles. The molecule has 6 rings (SSSR count). The third-order valence-electron chi connectivity index (χ3n) is 10.4. The molecule has 0 atom stereocenters. The first-order chi connectivity index (χ1) is 34.1. The van der Waals surface area contributed by atoms with Gasteiger partial charge in [-0.25, -0.2) is 29.1 Å². The summed E-state index contributed by atoms with van der Waals surface area (Å²) in [5.74, 6) is 0. The maximum absolute atomic E-state index is 8.62. The number of hydrogen-bond acceptors (Lipinski definition) is 6. The van der Waals surface area contributed by atoms with Crippen molar-refractivity contribution in [3.05, 3.63) is 241 Å². The molecule has 0 N–H and O–H groups in total. The molecule has 0 fully saturated rings. The molecule has 0 aliphatic carbocycles. The molecule has 0 unspecified atom stereocenters. The third kappa shape index (κ3) is 18.4. The third-order valence-corrected chi connectivity index (χ3v) is 10.4. The van der Waals surface area contributed by atoms with E-state index in [0.717, 1.165) is 66.8 Å². The largest absolute Gasteiger partial charge is 0.238 e. The quantitative estimate of drug-likeness (QED) is 0.137. The van der Waals surface area contributed by atoms with Gasteiger partial charge in [0.1, 0.15) is 0 Å². The van der Waals surface area contributed by atoms with E-state index in [-0.39, 0.29) is 21.1 Å². The Morgan fingerprint density at radius 2 is 0.315 bits per heavy atom. The second-order valence-electron chi connectivity index (χ2n) is 16.1. The van der Waals surface area contributed by atoms with Crippen LogP contribution in [0, 0.1) is 191 Å². The predicted octanol–water partition coefficient (Wildman–Crippen LogP) is 16.4. The average molecular weight is 1120 g/mol. The minimum absolute atomic E-state index is 0. The van der Waals surface area contributed by atoms with Crippen LogP contribution in [0.1, 0.15) is 100 Å². The molecular formula is C60H48N12W. The van der Waals surface area contributed by atoms with Crippen LogP contribution in [0.25, 0.3) is 29.1 Å². The number of benzene rings is 6. The minimum atomic E-state index is 0. The van der Waals surface area contributed by atoms with Gasteiger partial charge in [0.15, 0.2) is 34.1 Å². The number of rotatable bonds is 0. The van der Waals surface area contributed by atoms with Gasteiger partial charge in [-0.15, -0.1) is 0 Å². The SMILES string of the molecule is [C-]#[N+]c1c(C)cc(C#N)cc1C.[C-]#[N+]c1c(C)cc(C#N)cc1C.[C-]#[N+]c1c(C)cc(C#N)cc1C.[C-]#[N+]c1c(C)cc(C#N)cc1C.[C-]#[N+]c1c(C)cc(C#N)cc1C.[C-]#[N+]c1c(C)cc(C#N)cc1C.[W]. The number of nitrogens with zero attached hydrogens (tertiary/aromatic N) is 12. The van der Waals surface area contributed by atoms with E-state index in [1.807, 2.05) is 83.1 Å². The molecule has 13 heteroatoms. The van der Waals surface area contributed by atoms with Gasteiger partial charge in [0, 0.05) is 21.1 Å². The van der Waals surface area contributed by atoms with Crippen molar-refractivity contribution in [3.8, 4) is 36.4 Å². The second-order valence-corrected chi connectivity index (χ2v) is 16.1. The molecule has 73 heavy (non-hydrogen) atoms. The zero-order valence-electron chi connectivity index (χ0n) is 42.7. The maximum Gasteiger partial charge on any atom is 0.193 e. The van der Waals surface area contributed by atoms with Gasteiger partial charge in [0.25, 0.3) is 0 Å². The van der Waals surface area contributed by atoms with Crippen LogP contribution in [-0.4, -0.2) is 0 Å². The monoisotopic (exact) mass is 1120 g/mol. The fourth-order valence-corrected chi connectivity index (χ4v) is 7.18. The molecule has 0 amide bonds. The van der Waals surface area contributed by atoms with Crippen molar-refractivity contribution in [1.29, 1.82) is 31.6 Å². The van der Waals surface area contributed by atoms with E-state index in [2.05, 4.69) is 65.5 Å². The summed E-state index contributed by atoms with van der Waals surface area (Å²) in [5.41, 5.74) is 18.2. The second kappa shape index (κ2) is 31.1. The van der Waals surface area contributed by atoms with Crippen LogP contribution in [0.4, 0.5) is 34.1 Å². The summed E-state index contributed by atoms with van der Waals surface area (Å²) in [6, 6.07) is 33.2. The normalized spacial score (nSPS) is 8.55. The molecular weight excluding hydrogens is 1070 g/mol. The van der Waals surface area contributed by atoms with Crippen LogP contribution in [0.15, 0.2) is 72.8 Å². The Bertz CT molecular complexity index is 2830. The first kappa shape index (κ1) is 62.9. The Balaban J connectivity index is 0.000000850. The zero-order valence-corrected chi connectivity index (χ0v) is 45.6. The number of aryl methyl sites for hydroxylation is 12. The van der Waals surface area contributed by atoms with E-state index in [4.69, 9.17) is 71.0 Å². The van der Waals surface area contributed by atoms with Crippen molar-refractivity contribution in [2.24, 2.45) is 0 Å². The molecule has 0 heterocycles. The predicted molar refractivity (Wildman–Crippen MR) is 281 cm³/mol. The molecule has 0 radical (unpaired) electrons. The smallest absolute Gasteiger partial charge is 0.193 e.